The van der Waals surface area contributed by atoms with Crippen LogP contribution in [-0.2, 0) is 16.6 Å². The van der Waals surface area contributed by atoms with Gasteiger partial charge in [0.25, 0.3) is 0 Å². The molecular formula is C12H20N2O2S2. The summed E-state index contributed by atoms with van der Waals surface area (Å²) in [7, 11) is -1.79. The molecule has 102 valence electrons. The van der Waals surface area contributed by atoms with Crippen LogP contribution in [0, 0.1) is 6.92 Å². The van der Waals surface area contributed by atoms with E-state index in [1.54, 1.807) is 37.0 Å². The molecule has 0 amide bonds. The molecule has 0 radical (unpaired) electrons. The fourth-order valence-electron chi connectivity index (χ4n) is 1.55. The number of nitrogens with zero attached hydrogens (tertiary/aromatic N) is 1. The van der Waals surface area contributed by atoms with Gasteiger partial charge in [0.2, 0.25) is 10.0 Å². The number of benzene rings is 1. The highest BCUT2D eigenvalue weighted by atomic mass is 32.2. The summed E-state index contributed by atoms with van der Waals surface area (Å²) in [5.74, 6) is 0.783. The van der Waals surface area contributed by atoms with Crippen molar-refractivity contribution in [2.24, 2.45) is 5.73 Å². The van der Waals surface area contributed by atoms with Gasteiger partial charge in [0.05, 0.1) is 4.90 Å². The molecular weight excluding hydrogens is 268 g/mol. The zero-order valence-electron chi connectivity index (χ0n) is 11.0. The molecule has 4 nitrogen and oxygen atoms in total. The maximum absolute atomic E-state index is 12.3. The minimum absolute atomic E-state index is 0.317. The Bertz CT molecular complexity index is 501. The molecule has 0 spiro atoms. The number of nitrogens with two attached hydrogens (primary N) is 1. The summed E-state index contributed by atoms with van der Waals surface area (Å²) in [5.41, 5.74) is 7.49. The molecule has 1 aromatic carbocycles. The summed E-state index contributed by atoms with van der Waals surface area (Å²) < 4.78 is 26.0. The zero-order valence-corrected chi connectivity index (χ0v) is 12.6. The normalized spacial score (nSPS) is 12.1. The molecule has 1 aromatic rings. The van der Waals surface area contributed by atoms with E-state index in [2.05, 4.69) is 0 Å². The summed E-state index contributed by atoms with van der Waals surface area (Å²) in [6.45, 7) is 2.79. The Hall–Kier alpha value is -0.560. The number of thioether (sulfide) groups is 1. The first-order valence-electron chi connectivity index (χ1n) is 5.68. The standard InChI is InChI=1S/C12H20N2O2S2/c1-10-4-5-12(8-11(10)9-13)18(15,16)14(2)6-7-17-3/h4-5,8H,6-7,9,13H2,1-3H3. The molecule has 0 aliphatic carbocycles. The fraction of sp³-hybridized carbons (Fsp3) is 0.500. The van der Waals surface area contributed by atoms with Crippen molar-refractivity contribution >= 4 is 21.8 Å². The molecule has 0 bridgehead atoms. The van der Waals surface area contributed by atoms with Crippen LogP contribution in [0.1, 0.15) is 11.1 Å². The molecule has 0 heterocycles. The van der Waals surface area contributed by atoms with E-state index in [0.29, 0.717) is 18.0 Å². The summed E-state index contributed by atoms with van der Waals surface area (Å²) in [6, 6.07) is 5.11. The molecule has 6 heteroatoms. The van der Waals surface area contributed by atoms with Crippen LogP contribution in [0.3, 0.4) is 0 Å². The molecule has 0 saturated carbocycles. The van der Waals surface area contributed by atoms with E-state index in [-0.39, 0.29) is 0 Å². The van der Waals surface area contributed by atoms with E-state index in [1.165, 1.54) is 4.31 Å². The number of hydrogen-bond acceptors (Lipinski definition) is 4. The average Bonchev–Trinajstić information content (AvgIpc) is 2.36. The fourth-order valence-corrected chi connectivity index (χ4v) is 3.34. The molecule has 2 N–H and O–H groups in total. The van der Waals surface area contributed by atoms with Gasteiger partial charge in [-0.1, -0.05) is 6.07 Å². The van der Waals surface area contributed by atoms with Gasteiger partial charge in [-0.2, -0.15) is 11.8 Å². The first kappa shape index (κ1) is 15.5. The van der Waals surface area contributed by atoms with Crippen LogP contribution >= 0.6 is 11.8 Å². The minimum Gasteiger partial charge on any atom is -0.326 e. The van der Waals surface area contributed by atoms with Crippen LogP contribution in [0.4, 0.5) is 0 Å². The number of rotatable bonds is 6. The van der Waals surface area contributed by atoms with Gasteiger partial charge in [-0.05, 0) is 36.4 Å². The SMILES string of the molecule is CSCCN(C)S(=O)(=O)c1ccc(C)c(CN)c1. The number of hydrogen-bond donors (Lipinski definition) is 1. The lowest BCUT2D eigenvalue weighted by Crippen LogP contribution is -2.29. The van der Waals surface area contributed by atoms with Gasteiger partial charge in [0, 0.05) is 25.9 Å². The van der Waals surface area contributed by atoms with E-state index in [0.717, 1.165) is 16.9 Å². The lowest BCUT2D eigenvalue weighted by atomic mass is 10.1. The third-order valence-corrected chi connectivity index (χ3v) is 5.30. The second-order valence-corrected chi connectivity index (χ2v) is 7.14. The highest BCUT2D eigenvalue weighted by Crippen LogP contribution is 2.18. The van der Waals surface area contributed by atoms with Gasteiger partial charge in [0.1, 0.15) is 0 Å². The Kier molecular flexibility index (Phi) is 5.65. The van der Waals surface area contributed by atoms with E-state index in [4.69, 9.17) is 5.73 Å². The molecule has 0 aliphatic heterocycles. The quantitative estimate of drug-likeness (QED) is 0.860. The Morgan fingerprint density at radius 3 is 2.61 bits per heavy atom. The average molecular weight is 288 g/mol. The van der Waals surface area contributed by atoms with Gasteiger partial charge in [-0.15, -0.1) is 0 Å². The van der Waals surface area contributed by atoms with E-state index >= 15 is 0 Å². The van der Waals surface area contributed by atoms with Crippen LogP contribution < -0.4 is 5.73 Å². The zero-order chi connectivity index (χ0) is 13.8. The number of sulfonamides is 1. The van der Waals surface area contributed by atoms with Crippen LogP contribution in [0.25, 0.3) is 0 Å². The van der Waals surface area contributed by atoms with Crippen LogP contribution in [-0.4, -0.2) is 38.3 Å². The molecule has 0 aromatic heterocycles. The molecule has 1 rings (SSSR count). The van der Waals surface area contributed by atoms with Crippen molar-refractivity contribution in [3.05, 3.63) is 29.3 Å². The summed E-state index contributed by atoms with van der Waals surface area (Å²) in [6.07, 6.45) is 1.96. The Morgan fingerprint density at radius 1 is 1.39 bits per heavy atom. The van der Waals surface area contributed by atoms with Crippen molar-refractivity contribution in [1.29, 1.82) is 0 Å². The van der Waals surface area contributed by atoms with E-state index < -0.39 is 10.0 Å². The first-order chi connectivity index (χ1) is 8.43. The molecule has 0 fully saturated rings. The monoisotopic (exact) mass is 288 g/mol. The van der Waals surface area contributed by atoms with Gasteiger partial charge in [0.15, 0.2) is 0 Å². The van der Waals surface area contributed by atoms with Crippen molar-refractivity contribution in [3.63, 3.8) is 0 Å². The molecule has 0 aliphatic rings. The van der Waals surface area contributed by atoms with Gasteiger partial charge in [-0.3, -0.25) is 0 Å². The van der Waals surface area contributed by atoms with Crippen LogP contribution in [0.2, 0.25) is 0 Å². The Morgan fingerprint density at radius 2 is 2.06 bits per heavy atom. The third kappa shape index (κ3) is 3.47. The summed E-state index contributed by atoms with van der Waals surface area (Å²) >= 11 is 1.63. The predicted octanol–water partition coefficient (Wildman–Crippen LogP) is 1.44. The predicted molar refractivity (Wildman–Crippen MR) is 77.3 cm³/mol. The highest BCUT2D eigenvalue weighted by molar-refractivity contribution is 7.98. The van der Waals surface area contributed by atoms with Gasteiger partial charge >= 0.3 is 0 Å². The van der Waals surface area contributed by atoms with Crippen molar-refractivity contribution in [2.75, 3.05) is 25.6 Å². The minimum atomic E-state index is -3.40. The van der Waals surface area contributed by atoms with Crippen molar-refractivity contribution in [2.45, 2.75) is 18.4 Å². The topological polar surface area (TPSA) is 63.4 Å². The van der Waals surface area contributed by atoms with E-state index in [1.807, 2.05) is 13.2 Å². The van der Waals surface area contributed by atoms with Gasteiger partial charge < -0.3 is 5.73 Å². The Labute approximate surface area is 114 Å². The maximum atomic E-state index is 12.3. The van der Waals surface area contributed by atoms with E-state index in [9.17, 15) is 8.42 Å². The summed E-state index contributed by atoms with van der Waals surface area (Å²) in [5, 5.41) is 0. The maximum Gasteiger partial charge on any atom is 0.242 e. The van der Waals surface area contributed by atoms with Crippen LogP contribution in [0.5, 0.6) is 0 Å². The Balaban J connectivity index is 3.05. The lowest BCUT2D eigenvalue weighted by Gasteiger charge is -2.17. The van der Waals surface area contributed by atoms with Gasteiger partial charge in [-0.25, -0.2) is 12.7 Å². The molecule has 0 atom stereocenters. The second-order valence-electron chi connectivity index (χ2n) is 4.11. The molecule has 18 heavy (non-hydrogen) atoms. The molecule has 0 saturated heterocycles. The number of aryl methyl sites for hydroxylation is 1. The van der Waals surface area contributed by atoms with Crippen molar-refractivity contribution in [3.8, 4) is 0 Å². The molecule has 0 unspecified atom stereocenters. The first-order valence-corrected chi connectivity index (χ1v) is 8.51. The highest BCUT2D eigenvalue weighted by Gasteiger charge is 2.20. The summed E-state index contributed by atoms with van der Waals surface area (Å²) in [4.78, 5) is 0.317. The van der Waals surface area contributed by atoms with Crippen LogP contribution in [0.15, 0.2) is 23.1 Å². The van der Waals surface area contributed by atoms with Crippen molar-refractivity contribution < 1.29 is 8.42 Å². The lowest BCUT2D eigenvalue weighted by molar-refractivity contribution is 0.488. The third-order valence-electron chi connectivity index (χ3n) is 2.86. The largest absolute Gasteiger partial charge is 0.326 e. The van der Waals surface area contributed by atoms with Crippen molar-refractivity contribution in [1.82, 2.24) is 4.31 Å². The smallest absolute Gasteiger partial charge is 0.242 e. The second kappa shape index (κ2) is 6.56.